The first kappa shape index (κ1) is 18.5. The fourth-order valence-electron chi connectivity index (χ4n) is 2.35. The molecule has 0 unspecified atom stereocenters. The average molecular weight is 382 g/mol. The molecule has 0 spiro atoms. The Kier molecular flexibility index (Phi) is 5.73. The minimum atomic E-state index is -0.702. The van der Waals surface area contributed by atoms with Crippen LogP contribution >= 0.6 is 11.3 Å². The summed E-state index contributed by atoms with van der Waals surface area (Å²) in [6.07, 6.45) is -0.702. The van der Waals surface area contributed by atoms with E-state index >= 15 is 0 Å². The van der Waals surface area contributed by atoms with Crippen molar-refractivity contribution in [2.45, 2.75) is 6.92 Å². The number of carbonyl (C=O) groups excluding carboxylic acids is 2. The van der Waals surface area contributed by atoms with Gasteiger partial charge in [0.15, 0.2) is 0 Å². The maximum absolute atomic E-state index is 12.3. The number of hydrogen-bond acceptors (Lipinski definition) is 6. The quantitative estimate of drug-likeness (QED) is 0.489. The van der Waals surface area contributed by atoms with Gasteiger partial charge in [-0.1, -0.05) is 30.3 Å². The average Bonchev–Trinajstić information content (AvgIpc) is 3.08. The van der Waals surface area contributed by atoms with Gasteiger partial charge in [0.25, 0.3) is 0 Å². The fraction of sp³-hybridized carbons (Fsp3) is 0.100. The van der Waals surface area contributed by atoms with E-state index in [4.69, 9.17) is 15.2 Å². The number of anilines is 2. The summed E-state index contributed by atoms with van der Waals surface area (Å²) >= 11 is 1.28. The Morgan fingerprint density at radius 2 is 1.78 bits per heavy atom. The van der Waals surface area contributed by atoms with Crippen LogP contribution in [0.5, 0.6) is 5.75 Å². The van der Waals surface area contributed by atoms with Crippen LogP contribution in [0.1, 0.15) is 17.3 Å². The van der Waals surface area contributed by atoms with E-state index in [1.807, 2.05) is 30.3 Å². The van der Waals surface area contributed by atoms with Crippen LogP contribution in [0.2, 0.25) is 0 Å². The number of carbonyl (C=O) groups is 2. The van der Waals surface area contributed by atoms with Crippen molar-refractivity contribution in [1.29, 1.82) is 0 Å². The van der Waals surface area contributed by atoms with Crippen molar-refractivity contribution < 1.29 is 19.1 Å². The molecule has 0 aliphatic rings. The molecule has 0 aliphatic carbocycles. The molecule has 0 aliphatic heterocycles. The van der Waals surface area contributed by atoms with Gasteiger partial charge in [-0.2, -0.15) is 0 Å². The molecule has 138 valence electrons. The van der Waals surface area contributed by atoms with Crippen LogP contribution in [-0.4, -0.2) is 18.7 Å². The molecule has 0 saturated carbocycles. The number of rotatable bonds is 5. The Morgan fingerprint density at radius 1 is 1.07 bits per heavy atom. The van der Waals surface area contributed by atoms with E-state index in [0.717, 1.165) is 10.4 Å². The first-order valence-corrected chi connectivity index (χ1v) is 9.09. The van der Waals surface area contributed by atoms with Crippen molar-refractivity contribution in [2.75, 3.05) is 17.7 Å². The number of nitrogens with one attached hydrogen (secondary N) is 1. The molecule has 2 aromatic carbocycles. The molecule has 1 aromatic heterocycles. The van der Waals surface area contributed by atoms with E-state index in [0.29, 0.717) is 16.4 Å². The van der Waals surface area contributed by atoms with Gasteiger partial charge in [-0.05, 0) is 42.8 Å². The third-order valence-electron chi connectivity index (χ3n) is 3.59. The van der Waals surface area contributed by atoms with Crippen LogP contribution < -0.4 is 15.8 Å². The van der Waals surface area contributed by atoms with E-state index < -0.39 is 12.1 Å². The molecule has 1 amide bonds. The van der Waals surface area contributed by atoms with E-state index in [-0.39, 0.29) is 12.2 Å². The molecule has 0 radical (unpaired) electrons. The van der Waals surface area contributed by atoms with Gasteiger partial charge in [-0.15, -0.1) is 11.3 Å². The van der Waals surface area contributed by atoms with E-state index in [1.54, 1.807) is 37.3 Å². The van der Waals surface area contributed by atoms with Gasteiger partial charge < -0.3 is 15.2 Å². The maximum Gasteiger partial charge on any atom is 0.417 e. The molecule has 3 N–H and O–H groups in total. The fourth-order valence-corrected chi connectivity index (χ4v) is 3.39. The summed E-state index contributed by atoms with van der Waals surface area (Å²) in [6.45, 7) is 1.97. The highest BCUT2D eigenvalue weighted by molar-refractivity contribution is 7.20. The van der Waals surface area contributed by atoms with Crippen molar-refractivity contribution in [2.24, 2.45) is 0 Å². The van der Waals surface area contributed by atoms with E-state index in [2.05, 4.69) is 5.32 Å². The number of ether oxygens (including phenoxy) is 2. The van der Waals surface area contributed by atoms with Crippen molar-refractivity contribution in [3.63, 3.8) is 0 Å². The highest BCUT2D eigenvalue weighted by Gasteiger charge is 2.20. The van der Waals surface area contributed by atoms with Gasteiger partial charge in [-0.3, -0.25) is 5.32 Å². The van der Waals surface area contributed by atoms with Crippen molar-refractivity contribution in [3.8, 4) is 16.2 Å². The summed E-state index contributed by atoms with van der Waals surface area (Å²) in [5, 5.41) is 3.00. The molecule has 0 fully saturated rings. The van der Waals surface area contributed by atoms with Gasteiger partial charge in [0.05, 0.1) is 12.2 Å². The SMILES string of the molecule is CCOC(=O)c1cc(-c2ccccc2)sc1NC(=O)Oc1ccc(N)cc1. The molecule has 6 nitrogen and oxygen atoms in total. The van der Waals surface area contributed by atoms with Crippen LogP contribution in [-0.2, 0) is 4.74 Å². The standard InChI is InChI=1S/C20H18N2O4S/c1-2-25-19(23)16-12-17(13-6-4-3-5-7-13)27-18(16)22-20(24)26-15-10-8-14(21)9-11-15/h3-12H,2,21H2,1H3,(H,22,24). The second-order valence-corrected chi connectivity index (χ2v) is 6.58. The summed E-state index contributed by atoms with van der Waals surface area (Å²) in [7, 11) is 0. The van der Waals surface area contributed by atoms with E-state index in [1.165, 1.54) is 11.3 Å². The molecule has 3 aromatic rings. The minimum Gasteiger partial charge on any atom is -0.462 e. The van der Waals surface area contributed by atoms with Crippen LogP contribution in [0.3, 0.4) is 0 Å². The molecule has 7 heteroatoms. The predicted octanol–water partition coefficient (Wildman–Crippen LogP) is 4.78. The first-order chi connectivity index (χ1) is 13.1. The van der Waals surface area contributed by atoms with Crippen molar-refractivity contribution >= 4 is 34.1 Å². The zero-order chi connectivity index (χ0) is 19.2. The summed E-state index contributed by atoms with van der Waals surface area (Å²) in [4.78, 5) is 25.3. The summed E-state index contributed by atoms with van der Waals surface area (Å²) in [5.74, 6) is -0.155. The monoisotopic (exact) mass is 382 g/mol. The first-order valence-electron chi connectivity index (χ1n) is 8.27. The van der Waals surface area contributed by atoms with Crippen LogP contribution in [0.15, 0.2) is 60.7 Å². The van der Waals surface area contributed by atoms with Crippen LogP contribution in [0, 0.1) is 0 Å². The zero-order valence-electron chi connectivity index (χ0n) is 14.6. The third kappa shape index (κ3) is 4.65. The largest absolute Gasteiger partial charge is 0.462 e. The second kappa shape index (κ2) is 8.37. The third-order valence-corrected chi connectivity index (χ3v) is 4.69. The summed E-state index contributed by atoms with van der Waals surface area (Å²) < 4.78 is 10.3. The van der Waals surface area contributed by atoms with Gasteiger partial charge in [0.2, 0.25) is 0 Å². The Balaban J connectivity index is 1.83. The van der Waals surface area contributed by atoms with Gasteiger partial charge >= 0.3 is 12.1 Å². The predicted molar refractivity (Wildman–Crippen MR) is 106 cm³/mol. The van der Waals surface area contributed by atoms with Crippen LogP contribution in [0.25, 0.3) is 10.4 Å². The normalized spacial score (nSPS) is 10.3. The number of hydrogen-bond donors (Lipinski definition) is 2. The molecular weight excluding hydrogens is 364 g/mol. The molecule has 0 saturated heterocycles. The van der Waals surface area contributed by atoms with Crippen LogP contribution in [0.4, 0.5) is 15.5 Å². The Morgan fingerprint density at radius 3 is 2.44 bits per heavy atom. The molecule has 0 atom stereocenters. The Bertz CT molecular complexity index is 936. The molecule has 1 heterocycles. The Labute approximate surface area is 160 Å². The highest BCUT2D eigenvalue weighted by Crippen LogP contribution is 2.36. The Hall–Kier alpha value is -3.32. The summed E-state index contributed by atoms with van der Waals surface area (Å²) in [6, 6.07) is 17.7. The lowest BCUT2D eigenvalue weighted by molar-refractivity contribution is 0.0528. The number of nitrogen functional groups attached to an aromatic ring is 1. The lowest BCUT2D eigenvalue weighted by Crippen LogP contribution is -2.18. The molecule has 27 heavy (non-hydrogen) atoms. The lowest BCUT2D eigenvalue weighted by atomic mass is 10.1. The minimum absolute atomic E-state index is 0.241. The molecular formula is C20H18N2O4S. The number of amides is 1. The van der Waals surface area contributed by atoms with E-state index in [9.17, 15) is 9.59 Å². The molecule has 3 rings (SSSR count). The highest BCUT2D eigenvalue weighted by atomic mass is 32.1. The topological polar surface area (TPSA) is 90.6 Å². The number of thiophene rings is 1. The lowest BCUT2D eigenvalue weighted by Gasteiger charge is -2.07. The van der Waals surface area contributed by atoms with Gasteiger partial charge in [0, 0.05) is 10.6 Å². The maximum atomic E-state index is 12.3. The van der Waals surface area contributed by atoms with Crippen molar-refractivity contribution in [3.05, 3.63) is 66.2 Å². The second-order valence-electron chi connectivity index (χ2n) is 5.52. The van der Waals surface area contributed by atoms with Crippen molar-refractivity contribution in [1.82, 2.24) is 0 Å². The zero-order valence-corrected chi connectivity index (χ0v) is 15.4. The smallest absolute Gasteiger partial charge is 0.417 e. The summed E-state index contributed by atoms with van der Waals surface area (Å²) in [5.41, 5.74) is 7.41. The van der Waals surface area contributed by atoms with Gasteiger partial charge in [0.1, 0.15) is 10.8 Å². The number of esters is 1. The molecule has 0 bridgehead atoms. The number of benzene rings is 2. The van der Waals surface area contributed by atoms with Gasteiger partial charge in [-0.25, -0.2) is 9.59 Å². The number of nitrogens with two attached hydrogens (primary N) is 1.